The second kappa shape index (κ2) is 7.59. The van der Waals surface area contributed by atoms with Crippen LogP contribution in [0.1, 0.15) is 30.5 Å². The minimum atomic E-state index is -0.256. The van der Waals surface area contributed by atoms with Gasteiger partial charge in [-0.1, -0.05) is 72.8 Å². The van der Waals surface area contributed by atoms with E-state index in [1.165, 1.54) is 16.7 Å². The Morgan fingerprint density at radius 3 is 2.07 bits per heavy atom. The Bertz CT molecular complexity index is 1110. The number of benzene rings is 3. The molecule has 3 heteroatoms. The molecule has 3 nitrogen and oxygen atoms in total. The maximum atomic E-state index is 4.97. The number of hydrogen-bond donors (Lipinski definition) is 2. The molecule has 2 N–H and O–H groups in total. The summed E-state index contributed by atoms with van der Waals surface area (Å²) in [5.74, 6) is 0.769. The van der Waals surface area contributed by atoms with Gasteiger partial charge < -0.3 is 10.3 Å². The van der Waals surface area contributed by atoms with Crippen LogP contribution in [-0.2, 0) is 5.54 Å². The highest BCUT2D eigenvalue weighted by atomic mass is 15.2. The summed E-state index contributed by atoms with van der Waals surface area (Å²) in [6, 6.07) is 27.3. The normalized spacial score (nSPS) is 11.4. The highest BCUT2D eigenvalue weighted by Crippen LogP contribution is 2.34. The molecule has 0 aliphatic carbocycles. The fourth-order valence-electron chi connectivity index (χ4n) is 3.57. The van der Waals surface area contributed by atoms with Crippen LogP contribution in [0.15, 0.2) is 78.9 Å². The predicted octanol–water partition coefficient (Wildman–Crippen LogP) is 6.71. The van der Waals surface area contributed by atoms with Crippen molar-refractivity contribution in [2.45, 2.75) is 33.2 Å². The number of nitrogens with one attached hydrogen (secondary N) is 2. The van der Waals surface area contributed by atoms with Crippen LogP contribution < -0.4 is 5.32 Å². The van der Waals surface area contributed by atoms with Crippen LogP contribution in [0.2, 0.25) is 0 Å². The van der Waals surface area contributed by atoms with Crippen LogP contribution in [0.4, 0.5) is 5.95 Å². The van der Waals surface area contributed by atoms with Crippen molar-refractivity contribution < 1.29 is 0 Å². The summed E-state index contributed by atoms with van der Waals surface area (Å²) in [6.45, 7) is 8.62. The van der Waals surface area contributed by atoms with Crippen LogP contribution in [0.3, 0.4) is 0 Å². The Hall–Kier alpha value is -3.33. The fourth-order valence-corrected chi connectivity index (χ4v) is 3.57. The van der Waals surface area contributed by atoms with E-state index in [1.807, 2.05) is 12.1 Å². The Balaban J connectivity index is 1.78. The third kappa shape index (κ3) is 3.95. The molecule has 0 aliphatic rings. The van der Waals surface area contributed by atoms with Gasteiger partial charge in [-0.25, -0.2) is 4.98 Å². The van der Waals surface area contributed by atoms with Gasteiger partial charge in [0.15, 0.2) is 0 Å². The molecule has 0 unspecified atom stereocenters. The minimum Gasteiger partial charge on any atom is -0.347 e. The molecule has 1 aromatic heterocycles. The minimum absolute atomic E-state index is 0.256. The SMILES string of the molecule is Cc1ccc(-c2nc(NC(C)(C)c3ccccc3)[nH]c2-c2ccccc2)cc1C. The number of nitrogens with zero attached hydrogens (tertiary/aromatic N) is 1. The van der Waals surface area contributed by atoms with E-state index in [0.717, 1.165) is 28.5 Å². The van der Waals surface area contributed by atoms with E-state index in [2.05, 4.69) is 105 Å². The molecule has 29 heavy (non-hydrogen) atoms. The Morgan fingerprint density at radius 1 is 0.759 bits per heavy atom. The van der Waals surface area contributed by atoms with Gasteiger partial charge >= 0.3 is 0 Å². The zero-order chi connectivity index (χ0) is 20.4. The first kappa shape index (κ1) is 19.0. The van der Waals surface area contributed by atoms with Crippen molar-refractivity contribution >= 4 is 5.95 Å². The van der Waals surface area contributed by atoms with Gasteiger partial charge in [-0.05, 0) is 50.5 Å². The topological polar surface area (TPSA) is 40.7 Å². The standard InChI is InChI=1S/C26H27N3/c1-18-15-16-21(17-19(18)2)24-23(20-11-7-5-8-12-20)27-25(28-24)29-26(3,4)22-13-9-6-10-14-22/h5-17H,1-4H3,(H2,27,28,29). The first-order valence-electron chi connectivity index (χ1n) is 10.0. The first-order valence-corrected chi connectivity index (χ1v) is 10.0. The lowest BCUT2D eigenvalue weighted by Gasteiger charge is -2.26. The molecule has 0 radical (unpaired) electrons. The summed E-state index contributed by atoms with van der Waals surface area (Å²) in [5, 5.41) is 3.59. The van der Waals surface area contributed by atoms with Crippen LogP contribution in [-0.4, -0.2) is 9.97 Å². The van der Waals surface area contributed by atoms with E-state index in [0.29, 0.717) is 0 Å². The number of rotatable bonds is 5. The molecule has 0 saturated carbocycles. The van der Waals surface area contributed by atoms with E-state index in [1.54, 1.807) is 0 Å². The Labute approximate surface area is 172 Å². The average molecular weight is 382 g/mol. The number of hydrogen-bond acceptors (Lipinski definition) is 2. The van der Waals surface area contributed by atoms with Crippen molar-refractivity contribution in [1.29, 1.82) is 0 Å². The lowest BCUT2D eigenvalue weighted by molar-refractivity contribution is 0.603. The van der Waals surface area contributed by atoms with E-state index in [9.17, 15) is 0 Å². The predicted molar refractivity (Wildman–Crippen MR) is 122 cm³/mol. The van der Waals surface area contributed by atoms with Gasteiger partial charge in [0.2, 0.25) is 5.95 Å². The highest BCUT2D eigenvalue weighted by Gasteiger charge is 2.23. The number of aromatic amines is 1. The maximum Gasteiger partial charge on any atom is 0.201 e. The summed E-state index contributed by atoms with van der Waals surface area (Å²) >= 11 is 0. The lowest BCUT2D eigenvalue weighted by Crippen LogP contribution is -2.28. The first-order chi connectivity index (χ1) is 13.9. The van der Waals surface area contributed by atoms with Gasteiger partial charge in [-0.2, -0.15) is 0 Å². The number of imidazole rings is 1. The van der Waals surface area contributed by atoms with Crippen molar-refractivity contribution in [1.82, 2.24) is 9.97 Å². The second-order valence-electron chi connectivity index (χ2n) is 8.09. The molecule has 3 aromatic carbocycles. The molecule has 146 valence electrons. The van der Waals surface area contributed by atoms with Gasteiger partial charge in [0.25, 0.3) is 0 Å². The smallest absolute Gasteiger partial charge is 0.201 e. The van der Waals surface area contributed by atoms with Crippen LogP contribution in [0, 0.1) is 13.8 Å². The third-order valence-electron chi connectivity index (χ3n) is 5.47. The number of aromatic nitrogens is 2. The molecule has 0 atom stereocenters. The quantitative estimate of drug-likeness (QED) is 0.403. The average Bonchev–Trinajstić information content (AvgIpc) is 3.14. The largest absolute Gasteiger partial charge is 0.347 e. The molecule has 4 rings (SSSR count). The van der Waals surface area contributed by atoms with Crippen LogP contribution >= 0.6 is 0 Å². The van der Waals surface area contributed by atoms with Gasteiger partial charge in [-0.3, -0.25) is 0 Å². The van der Waals surface area contributed by atoms with Crippen molar-refractivity contribution in [3.8, 4) is 22.5 Å². The van der Waals surface area contributed by atoms with Crippen LogP contribution in [0.25, 0.3) is 22.5 Å². The van der Waals surface area contributed by atoms with Gasteiger partial charge in [-0.15, -0.1) is 0 Å². The molecule has 0 amide bonds. The zero-order valence-corrected chi connectivity index (χ0v) is 17.5. The number of aryl methyl sites for hydroxylation is 2. The second-order valence-corrected chi connectivity index (χ2v) is 8.09. The molecule has 0 saturated heterocycles. The van der Waals surface area contributed by atoms with E-state index >= 15 is 0 Å². The molecule has 0 fully saturated rings. The maximum absolute atomic E-state index is 4.97. The molecule has 0 spiro atoms. The van der Waals surface area contributed by atoms with Crippen molar-refractivity contribution in [2.24, 2.45) is 0 Å². The monoisotopic (exact) mass is 381 g/mol. The molecule has 0 aliphatic heterocycles. The summed E-state index contributed by atoms with van der Waals surface area (Å²) in [7, 11) is 0. The van der Waals surface area contributed by atoms with Gasteiger partial charge in [0.05, 0.1) is 16.9 Å². The highest BCUT2D eigenvalue weighted by molar-refractivity contribution is 5.80. The molecule has 0 bridgehead atoms. The summed E-state index contributed by atoms with van der Waals surface area (Å²) in [4.78, 5) is 8.51. The van der Waals surface area contributed by atoms with E-state index in [-0.39, 0.29) is 5.54 Å². The van der Waals surface area contributed by atoms with Crippen molar-refractivity contribution in [2.75, 3.05) is 5.32 Å². The summed E-state index contributed by atoms with van der Waals surface area (Å²) in [6.07, 6.45) is 0. The summed E-state index contributed by atoms with van der Waals surface area (Å²) < 4.78 is 0. The van der Waals surface area contributed by atoms with Crippen molar-refractivity contribution in [3.63, 3.8) is 0 Å². The Morgan fingerprint density at radius 2 is 1.41 bits per heavy atom. The zero-order valence-electron chi connectivity index (χ0n) is 17.5. The fraction of sp³-hybridized carbons (Fsp3) is 0.192. The van der Waals surface area contributed by atoms with Gasteiger partial charge in [0.1, 0.15) is 0 Å². The molecular weight excluding hydrogens is 354 g/mol. The molecule has 4 aromatic rings. The number of anilines is 1. The summed E-state index contributed by atoms with van der Waals surface area (Å²) in [5.41, 5.74) is 7.75. The van der Waals surface area contributed by atoms with Gasteiger partial charge in [0, 0.05) is 11.1 Å². The lowest BCUT2D eigenvalue weighted by atomic mass is 9.95. The number of H-pyrrole nitrogens is 1. The Kier molecular flexibility index (Phi) is 4.98. The van der Waals surface area contributed by atoms with Crippen molar-refractivity contribution in [3.05, 3.63) is 95.6 Å². The third-order valence-corrected chi connectivity index (χ3v) is 5.47. The van der Waals surface area contributed by atoms with Crippen LogP contribution in [0.5, 0.6) is 0 Å². The molecular formula is C26H27N3. The molecule has 1 heterocycles. The van der Waals surface area contributed by atoms with E-state index < -0.39 is 0 Å². The van der Waals surface area contributed by atoms with E-state index in [4.69, 9.17) is 4.98 Å².